The second-order valence-electron chi connectivity index (χ2n) is 9.70. The maximum absolute atomic E-state index is 13.0. The highest BCUT2D eigenvalue weighted by Gasteiger charge is 2.13. The van der Waals surface area contributed by atoms with E-state index in [1.807, 2.05) is 42.5 Å². The Morgan fingerprint density at radius 1 is 1.02 bits per heavy atom. The standard InChI is InChI=1S/C31H33ClN8O4/c1-44-30(42)8-5-17-33-31(43)37-26-13-11-25(12-14-26)34-20-27(18-22-6-3-2-4-7-22)36-29(41)16-9-23-19-24(32)10-15-28(23)40-21-35-38-39-40/h2-4,6-7,9-16,19,21,27,34H,5,8,17-18,20H2,1H3,(H,36,41)(H2,33,37,43). The van der Waals surface area contributed by atoms with E-state index in [4.69, 9.17) is 11.6 Å². The van der Waals surface area contributed by atoms with Crippen LogP contribution in [0.2, 0.25) is 5.02 Å². The number of hydrogen-bond acceptors (Lipinski definition) is 8. The van der Waals surface area contributed by atoms with Crippen LogP contribution in [0.15, 0.2) is 85.2 Å². The Kier molecular flexibility index (Phi) is 11.8. The summed E-state index contributed by atoms with van der Waals surface area (Å²) in [5, 5.41) is 23.7. The molecule has 1 heterocycles. The minimum atomic E-state index is -0.364. The summed E-state index contributed by atoms with van der Waals surface area (Å²) in [6.45, 7) is 0.804. The van der Waals surface area contributed by atoms with Crippen molar-refractivity contribution in [1.82, 2.24) is 30.8 Å². The van der Waals surface area contributed by atoms with E-state index in [1.165, 1.54) is 24.2 Å². The number of carbonyl (C=O) groups is 3. The second kappa shape index (κ2) is 16.4. The van der Waals surface area contributed by atoms with Crippen LogP contribution in [-0.2, 0) is 20.7 Å². The minimum absolute atomic E-state index is 0.235. The zero-order valence-corrected chi connectivity index (χ0v) is 24.8. The lowest BCUT2D eigenvalue weighted by Gasteiger charge is -2.20. The molecule has 0 aliphatic carbocycles. The van der Waals surface area contributed by atoms with Crippen molar-refractivity contribution < 1.29 is 19.1 Å². The predicted molar refractivity (Wildman–Crippen MR) is 168 cm³/mol. The van der Waals surface area contributed by atoms with Gasteiger partial charge in [0.2, 0.25) is 5.91 Å². The number of halogens is 1. The first-order valence-electron chi connectivity index (χ1n) is 13.9. The zero-order chi connectivity index (χ0) is 31.1. The van der Waals surface area contributed by atoms with Crippen molar-refractivity contribution in [2.45, 2.75) is 25.3 Å². The third-order valence-corrected chi connectivity index (χ3v) is 6.67. The van der Waals surface area contributed by atoms with Crippen molar-refractivity contribution in [2.75, 3.05) is 30.8 Å². The molecule has 0 bridgehead atoms. The van der Waals surface area contributed by atoms with Crippen LogP contribution in [-0.4, -0.2) is 64.4 Å². The molecule has 0 fully saturated rings. The number of benzene rings is 3. The number of anilines is 2. The highest BCUT2D eigenvalue weighted by molar-refractivity contribution is 6.30. The summed E-state index contributed by atoms with van der Waals surface area (Å²) in [6.07, 6.45) is 5.93. The number of esters is 1. The van der Waals surface area contributed by atoms with Crippen LogP contribution < -0.4 is 21.3 Å². The molecule has 0 aliphatic heterocycles. The Balaban J connectivity index is 1.34. The fourth-order valence-electron chi connectivity index (χ4n) is 4.25. The van der Waals surface area contributed by atoms with Crippen molar-refractivity contribution in [1.29, 1.82) is 0 Å². The molecular weight excluding hydrogens is 584 g/mol. The molecule has 1 unspecified atom stereocenters. The van der Waals surface area contributed by atoms with Crippen LogP contribution in [0.5, 0.6) is 0 Å². The number of hydrogen-bond donors (Lipinski definition) is 4. The first-order chi connectivity index (χ1) is 21.4. The number of aromatic nitrogens is 4. The number of urea groups is 1. The van der Waals surface area contributed by atoms with Crippen molar-refractivity contribution >= 4 is 47.0 Å². The summed E-state index contributed by atoms with van der Waals surface area (Å²) >= 11 is 6.20. The highest BCUT2D eigenvalue weighted by atomic mass is 35.5. The molecule has 13 heteroatoms. The van der Waals surface area contributed by atoms with Crippen LogP contribution in [0.1, 0.15) is 24.0 Å². The van der Waals surface area contributed by atoms with Gasteiger partial charge in [-0.2, -0.15) is 4.68 Å². The molecule has 1 aromatic heterocycles. The second-order valence-corrected chi connectivity index (χ2v) is 10.1. The van der Waals surface area contributed by atoms with E-state index in [-0.39, 0.29) is 30.4 Å². The topological polar surface area (TPSA) is 152 Å². The van der Waals surface area contributed by atoms with E-state index in [0.717, 1.165) is 11.3 Å². The third kappa shape index (κ3) is 10.2. The van der Waals surface area contributed by atoms with Gasteiger partial charge in [-0.3, -0.25) is 9.59 Å². The zero-order valence-electron chi connectivity index (χ0n) is 24.1. The van der Waals surface area contributed by atoms with Gasteiger partial charge < -0.3 is 26.0 Å². The third-order valence-electron chi connectivity index (χ3n) is 6.44. The Labute approximate surface area is 259 Å². The van der Waals surface area contributed by atoms with Gasteiger partial charge in [0.1, 0.15) is 6.33 Å². The van der Waals surface area contributed by atoms with Crippen molar-refractivity contribution in [3.8, 4) is 5.69 Å². The molecule has 0 radical (unpaired) electrons. The van der Waals surface area contributed by atoms with E-state index in [0.29, 0.717) is 47.9 Å². The van der Waals surface area contributed by atoms with Gasteiger partial charge in [0.15, 0.2) is 0 Å². The summed E-state index contributed by atoms with van der Waals surface area (Å²) in [4.78, 5) is 36.3. The first-order valence-corrected chi connectivity index (χ1v) is 14.3. The number of nitrogens with zero attached hydrogens (tertiary/aromatic N) is 4. The van der Waals surface area contributed by atoms with Gasteiger partial charge in [-0.05, 0) is 77.4 Å². The molecule has 0 aliphatic rings. The number of rotatable bonds is 14. The fraction of sp³-hybridized carbons (Fsp3) is 0.226. The average molecular weight is 617 g/mol. The molecule has 0 spiro atoms. The van der Waals surface area contributed by atoms with Gasteiger partial charge in [-0.1, -0.05) is 41.9 Å². The van der Waals surface area contributed by atoms with E-state index in [2.05, 4.69) is 41.5 Å². The normalized spacial score (nSPS) is 11.5. The molecule has 12 nitrogen and oxygen atoms in total. The van der Waals surface area contributed by atoms with E-state index in [1.54, 1.807) is 36.4 Å². The minimum Gasteiger partial charge on any atom is -0.469 e. The molecule has 3 aromatic carbocycles. The Morgan fingerprint density at radius 3 is 2.52 bits per heavy atom. The van der Waals surface area contributed by atoms with Gasteiger partial charge in [0.25, 0.3) is 0 Å². The molecule has 44 heavy (non-hydrogen) atoms. The first kappa shape index (κ1) is 31.7. The van der Waals surface area contributed by atoms with Gasteiger partial charge in [-0.15, -0.1) is 5.10 Å². The molecule has 228 valence electrons. The summed E-state index contributed by atoms with van der Waals surface area (Å²) in [5.74, 6) is -0.585. The molecule has 3 amide bonds. The van der Waals surface area contributed by atoms with Crippen LogP contribution in [0, 0.1) is 0 Å². The Bertz CT molecular complexity index is 1550. The van der Waals surface area contributed by atoms with E-state index < -0.39 is 0 Å². The van der Waals surface area contributed by atoms with Crippen LogP contribution in [0.25, 0.3) is 11.8 Å². The summed E-state index contributed by atoms with van der Waals surface area (Å²) < 4.78 is 6.08. The summed E-state index contributed by atoms with van der Waals surface area (Å²) in [7, 11) is 1.33. The lowest BCUT2D eigenvalue weighted by Crippen LogP contribution is -2.40. The number of ether oxygens (including phenoxy) is 1. The van der Waals surface area contributed by atoms with Crippen molar-refractivity contribution in [3.05, 3.63) is 101 Å². The number of tetrazole rings is 1. The Hall–Kier alpha value is -5.23. The molecule has 4 rings (SSSR count). The van der Waals surface area contributed by atoms with Crippen LogP contribution in [0.3, 0.4) is 0 Å². The van der Waals surface area contributed by atoms with E-state index in [9.17, 15) is 14.4 Å². The van der Waals surface area contributed by atoms with E-state index >= 15 is 0 Å². The van der Waals surface area contributed by atoms with Gasteiger partial charge in [0.05, 0.1) is 18.8 Å². The van der Waals surface area contributed by atoms with Crippen molar-refractivity contribution in [2.24, 2.45) is 0 Å². The number of methoxy groups -OCH3 is 1. The number of carbonyl (C=O) groups excluding carboxylic acids is 3. The monoisotopic (exact) mass is 616 g/mol. The smallest absolute Gasteiger partial charge is 0.319 e. The summed E-state index contributed by atoms with van der Waals surface area (Å²) in [5.41, 5.74) is 3.88. The highest BCUT2D eigenvalue weighted by Crippen LogP contribution is 2.20. The predicted octanol–water partition coefficient (Wildman–Crippen LogP) is 4.24. The molecule has 1 atom stereocenters. The fourth-order valence-corrected chi connectivity index (χ4v) is 4.43. The average Bonchev–Trinajstić information content (AvgIpc) is 3.57. The number of nitrogens with one attached hydrogen (secondary N) is 4. The Morgan fingerprint density at radius 2 is 1.80 bits per heavy atom. The molecule has 4 N–H and O–H groups in total. The molecule has 0 saturated heterocycles. The van der Waals surface area contributed by atoms with Gasteiger partial charge >= 0.3 is 12.0 Å². The molecular formula is C31H33ClN8O4. The summed E-state index contributed by atoms with van der Waals surface area (Å²) in [6, 6.07) is 21.8. The lowest BCUT2D eigenvalue weighted by atomic mass is 10.1. The molecule has 0 saturated carbocycles. The molecule has 4 aromatic rings. The number of amides is 3. The quantitative estimate of drug-likeness (QED) is 0.0932. The largest absolute Gasteiger partial charge is 0.469 e. The van der Waals surface area contributed by atoms with Gasteiger partial charge in [0, 0.05) is 47.5 Å². The lowest BCUT2D eigenvalue weighted by molar-refractivity contribution is -0.140. The van der Waals surface area contributed by atoms with Crippen molar-refractivity contribution in [3.63, 3.8) is 0 Å². The van der Waals surface area contributed by atoms with Gasteiger partial charge in [-0.25, -0.2) is 4.79 Å². The SMILES string of the molecule is COC(=O)CCCNC(=O)Nc1ccc(NCC(Cc2ccccc2)NC(=O)C=Cc2cc(Cl)ccc2-n2cnnn2)cc1. The maximum atomic E-state index is 13.0. The van der Waals surface area contributed by atoms with Crippen LogP contribution >= 0.6 is 11.6 Å². The maximum Gasteiger partial charge on any atom is 0.319 e. The van der Waals surface area contributed by atoms with Crippen LogP contribution in [0.4, 0.5) is 16.2 Å².